The predicted octanol–water partition coefficient (Wildman–Crippen LogP) is 1.18. The summed E-state index contributed by atoms with van der Waals surface area (Å²) in [6.45, 7) is 1.35. The molecule has 0 aromatic heterocycles. The molecule has 0 fully saturated rings. The molecule has 2 rings (SSSR count). The third kappa shape index (κ3) is 2.03. The molecule has 1 aliphatic rings. The van der Waals surface area contributed by atoms with Crippen LogP contribution in [0, 0.1) is 12.7 Å². The van der Waals surface area contributed by atoms with Gasteiger partial charge in [-0.25, -0.2) is 4.39 Å². The monoisotopic (exact) mass is 226 g/mol. The number of aliphatic hydroxyl groups is 2. The van der Waals surface area contributed by atoms with Crippen LogP contribution in [-0.2, 0) is 6.42 Å². The minimum absolute atomic E-state index is 0.233. The van der Waals surface area contributed by atoms with Gasteiger partial charge in [0.2, 0.25) is 0 Å². The van der Waals surface area contributed by atoms with E-state index in [1.165, 1.54) is 6.07 Å². The fraction of sp³-hybridized carbons (Fsp3) is 0.500. The number of fused-ring (bicyclic) bond motifs is 1. The molecule has 0 saturated heterocycles. The standard InChI is InChI=1S/C12H15FO3/c1-7-4-12-8(5-9(7)13)2-3-11(16-12)10(15)6-14/h4-5,10-11,14-15H,2-3,6H2,1H3/t10-,11?/m1/s1. The molecule has 0 aliphatic carbocycles. The second kappa shape index (κ2) is 4.39. The fourth-order valence-corrected chi connectivity index (χ4v) is 1.91. The van der Waals surface area contributed by atoms with Crippen molar-refractivity contribution in [2.45, 2.75) is 32.0 Å². The number of hydrogen-bond acceptors (Lipinski definition) is 3. The highest BCUT2D eigenvalue weighted by atomic mass is 19.1. The van der Waals surface area contributed by atoms with Gasteiger partial charge in [-0.2, -0.15) is 0 Å². The van der Waals surface area contributed by atoms with Gasteiger partial charge in [0.1, 0.15) is 23.8 Å². The lowest BCUT2D eigenvalue weighted by Gasteiger charge is -2.29. The van der Waals surface area contributed by atoms with Gasteiger partial charge in [-0.05, 0) is 43.0 Å². The van der Waals surface area contributed by atoms with E-state index in [1.54, 1.807) is 13.0 Å². The molecule has 16 heavy (non-hydrogen) atoms. The third-order valence-electron chi connectivity index (χ3n) is 2.93. The maximum atomic E-state index is 13.3. The SMILES string of the molecule is Cc1cc2c(cc1F)CCC([C@H](O)CO)O2. The van der Waals surface area contributed by atoms with Gasteiger partial charge in [0.15, 0.2) is 0 Å². The smallest absolute Gasteiger partial charge is 0.127 e. The summed E-state index contributed by atoms with van der Waals surface area (Å²) in [7, 11) is 0. The topological polar surface area (TPSA) is 49.7 Å². The van der Waals surface area contributed by atoms with Gasteiger partial charge in [-0.1, -0.05) is 0 Å². The van der Waals surface area contributed by atoms with Crippen molar-refractivity contribution in [3.8, 4) is 5.75 Å². The van der Waals surface area contributed by atoms with Crippen molar-refractivity contribution in [3.63, 3.8) is 0 Å². The Bertz CT molecular complexity index is 392. The van der Waals surface area contributed by atoms with Crippen LogP contribution in [0.15, 0.2) is 12.1 Å². The first kappa shape index (κ1) is 11.4. The van der Waals surface area contributed by atoms with Crippen molar-refractivity contribution in [2.24, 2.45) is 0 Å². The van der Waals surface area contributed by atoms with Gasteiger partial charge >= 0.3 is 0 Å². The summed E-state index contributed by atoms with van der Waals surface area (Å²) in [6, 6.07) is 3.12. The van der Waals surface area contributed by atoms with E-state index in [0.29, 0.717) is 24.2 Å². The summed E-state index contributed by atoms with van der Waals surface area (Å²) in [6.07, 6.45) is -0.0215. The maximum absolute atomic E-state index is 13.3. The molecule has 2 N–H and O–H groups in total. The van der Waals surface area contributed by atoms with E-state index in [-0.39, 0.29) is 12.4 Å². The molecule has 0 saturated carbocycles. The largest absolute Gasteiger partial charge is 0.487 e. The molecule has 0 amide bonds. The Balaban J connectivity index is 2.23. The highest BCUT2D eigenvalue weighted by Crippen LogP contribution is 2.30. The number of benzene rings is 1. The molecule has 0 radical (unpaired) electrons. The first-order valence-corrected chi connectivity index (χ1v) is 5.36. The van der Waals surface area contributed by atoms with Gasteiger partial charge in [0.25, 0.3) is 0 Å². The average molecular weight is 226 g/mol. The van der Waals surface area contributed by atoms with E-state index in [4.69, 9.17) is 9.84 Å². The number of hydrogen-bond donors (Lipinski definition) is 2. The molecule has 1 aliphatic heterocycles. The van der Waals surface area contributed by atoms with Crippen molar-refractivity contribution in [1.82, 2.24) is 0 Å². The Morgan fingerprint density at radius 3 is 3.00 bits per heavy atom. The highest BCUT2D eigenvalue weighted by molar-refractivity contribution is 5.39. The molecule has 3 nitrogen and oxygen atoms in total. The molecule has 88 valence electrons. The van der Waals surface area contributed by atoms with Crippen molar-refractivity contribution < 1.29 is 19.3 Å². The lowest BCUT2D eigenvalue weighted by atomic mass is 9.98. The van der Waals surface area contributed by atoms with Crippen LogP contribution in [0.25, 0.3) is 0 Å². The van der Waals surface area contributed by atoms with Crippen LogP contribution in [-0.4, -0.2) is 29.0 Å². The predicted molar refractivity (Wildman–Crippen MR) is 57.0 cm³/mol. The quantitative estimate of drug-likeness (QED) is 0.796. The van der Waals surface area contributed by atoms with Crippen molar-refractivity contribution in [3.05, 3.63) is 29.1 Å². The molecule has 1 heterocycles. The maximum Gasteiger partial charge on any atom is 0.127 e. The molecule has 2 atom stereocenters. The van der Waals surface area contributed by atoms with Crippen LogP contribution in [0.3, 0.4) is 0 Å². The van der Waals surface area contributed by atoms with Gasteiger partial charge in [0.05, 0.1) is 6.61 Å². The van der Waals surface area contributed by atoms with Gasteiger partial charge in [0, 0.05) is 0 Å². The molecule has 4 heteroatoms. The number of aliphatic hydroxyl groups excluding tert-OH is 2. The van der Waals surface area contributed by atoms with Crippen molar-refractivity contribution >= 4 is 0 Å². The van der Waals surface area contributed by atoms with Gasteiger partial charge < -0.3 is 14.9 Å². The molecule has 1 aromatic carbocycles. The summed E-state index contributed by atoms with van der Waals surface area (Å²) >= 11 is 0. The van der Waals surface area contributed by atoms with Crippen LogP contribution in [0.1, 0.15) is 17.5 Å². The highest BCUT2D eigenvalue weighted by Gasteiger charge is 2.26. The molecule has 1 unspecified atom stereocenters. The zero-order valence-electron chi connectivity index (χ0n) is 9.11. The zero-order chi connectivity index (χ0) is 11.7. The van der Waals surface area contributed by atoms with E-state index in [2.05, 4.69) is 0 Å². The van der Waals surface area contributed by atoms with E-state index in [1.807, 2.05) is 0 Å². The van der Waals surface area contributed by atoms with E-state index < -0.39 is 12.2 Å². The number of rotatable bonds is 2. The Kier molecular flexibility index (Phi) is 3.12. The lowest BCUT2D eigenvalue weighted by molar-refractivity contribution is -0.00968. The van der Waals surface area contributed by atoms with Crippen molar-refractivity contribution in [2.75, 3.05) is 6.61 Å². The van der Waals surface area contributed by atoms with E-state index in [9.17, 15) is 9.50 Å². The molecule has 1 aromatic rings. The zero-order valence-corrected chi connectivity index (χ0v) is 9.11. The van der Waals surface area contributed by atoms with E-state index in [0.717, 1.165) is 5.56 Å². The van der Waals surface area contributed by atoms with Crippen LogP contribution in [0.5, 0.6) is 5.75 Å². The van der Waals surface area contributed by atoms with Crippen molar-refractivity contribution in [1.29, 1.82) is 0 Å². The summed E-state index contributed by atoms with van der Waals surface area (Å²) in [4.78, 5) is 0. The number of aryl methyl sites for hydroxylation is 2. The van der Waals surface area contributed by atoms with Crippen LogP contribution >= 0.6 is 0 Å². The minimum Gasteiger partial charge on any atom is -0.487 e. The third-order valence-corrected chi connectivity index (χ3v) is 2.93. The van der Waals surface area contributed by atoms with Crippen LogP contribution < -0.4 is 4.74 Å². The second-order valence-electron chi connectivity index (χ2n) is 4.15. The Hall–Kier alpha value is -1.13. The summed E-state index contributed by atoms with van der Waals surface area (Å²) < 4.78 is 18.8. The molecule has 0 spiro atoms. The summed E-state index contributed by atoms with van der Waals surface area (Å²) in [5, 5.41) is 18.3. The average Bonchev–Trinajstić information content (AvgIpc) is 2.29. The first-order chi connectivity index (χ1) is 7.61. The van der Waals surface area contributed by atoms with Gasteiger partial charge in [-0.3, -0.25) is 0 Å². The number of halogens is 1. The Labute approximate surface area is 93.5 Å². The van der Waals surface area contributed by atoms with Gasteiger partial charge in [-0.15, -0.1) is 0 Å². The molecular weight excluding hydrogens is 211 g/mol. The normalized spacial score (nSPS) is 21.1. The Morgan fingerprint density at radius 1 is 1.56 bits per heavy atom. The fourth-order valence-electron chi connectivity index (χ4n) is 1.91. The summed E-state index contributed by atoms with van der Waals surface area (Å²) in [5.41, 5.74) is 1.35. The Morgan fingerprint density at radius 2 is 2.31 bits per heavy atom. The minimum atomic E-state index is -0.876. The lowest BCUT2D eigenvalue weighted by Crippen LogP contribution is -2.37. The molecular formula is C12H15FO3. The van der Waals surface area contributed by atoms with Crippen LogP contribution in [0.2, 0.25) is 0 Å². The first-order valence-electron chi connectivity index (χ1n) is 5.36. The van der Waals surface area contributed by atoms with Crippen LogP contribution in [0.4, 0.5) is 4.39 Å². The molecule has 0 bridgehead atoms. The summed E-state index contributed by atoms with van der Waals surface area (Å²) in [5.74, 6) is 0.381. The second-order valence-corrected chi connectivity index (χ2v) is 4.15. The number of ether oxygens (including phenoxy) is 1. The van der Waals surface area contributed by atoms with E-state index >= 15 is 0 Å².